The molecule has 2 fully saturated rings. The van der Waals surface area contributed by atoms with Crippen molar-refractivity contribution in [3.8, 4) is 6.07 Å². The number of aliphatic hydroxyl groups is 1. The summed E-state index contributed by atoms with van der Waals surface area (Å²) in [4.78, 5) is 9.00. The molecule has 3 rings (SSSR count). The molecule has 2 N–H and O–H groups in total. The van der Waals surface area contributed by atoms with Gasteiger partial charge < -0.3 is 14.6 Å². The summed E-state index contributed by atoms with van der Waals surface area (Å²) in [7, 11) is -1.68. The number of carbonyl (C=O) groups is 1. The number of nitriles is 1. The van der Waals surface area contributed by atoms with Crippen molar-refractivity contribution in [3.05, 3.63) is 11.1 Å². The zero-order valence-electron chi connectivity index (χ0n) is 20.4. The molecule has 0 aliphatic heterocycles. The van der Waals surface area contributed by atoms with Gasteiger partial charge >= 0.3 is 0 Å². The molecule has 0 bridgehead atoms. The Morgan fingerprint density at radius 1 is 1.29 bits per heavy atom. The number of allylic oxidation sites excluding steroid dienone is 2. The van der Waals surface area contributed by atoms with Gasteiger partial charge in [-0.3, -0.25) is 4.79 Å². The van der Waals surface area contributed by atoms with E-state index in [-0.39, 0.29) is 12.2 Å². The van der Waals surface area contributed by atoms with Gasteiger partial charge in [0.25, 0.3) is 5.97 Å². The highest BCUT2D eigenvalue weighted by Gasteiger charge is 2.51. The molecule has 0 heterocycles. The first-order valence-electron chi connectivity index (χ1n) is 12.0. The Kier molecular flexibility index (Phi) is 8.95. The second kappa shape index (κ2) is 10.6. The van der Waals surface area contributed by atoms with Crippen molar-refractivity contribution >= 4 is 14.3 Å². The molecule has 0 amide bonds. The summed E-state index contributed by atoms with van der Waals surface area (Å²) in [5, 5.41) is 27.1. The van der Waals surface area contributed by atoms with Gasteiger partial charge in [-0.05, 0) is 108 Å². The van der Waals surface area contributed by atoms with Gasteiger partial charge in [0.2, 0.25) is 0 Å². The molecule has 0 spiro atoms. The number of nitrogens with zero attached hydrogens (tertiary/aromatic N) is 1. The average molecular weight is 450 g/mol. The van der Waals surface area contributed by atoms with Crippen molar-refractivity contribution in [1.82, 2.24) is 0 Å². The van der Waals surface area contributed by atoms with E-state index < -0.39 is 14.3 Å². The molecule has 6 unspecified atom stereocenters. The summed E-state index contributed by atoms with van der Waals surface area (Å²) in [5.74, 6) is 1.33. The molecule has 6 atom stereocenters. The highest BCUT2D eigenvalue weighted by molar-refractivity contribution is 6.69. The molecule has 2 saturated carbocycles. The lowest BCUT2D eigenvalue weighted by molar-refractivity contribution is -0.134. The SMILES string of the molecule is CC(=O)O.CC1=C(CCC(C#N)O[Si](C)(C)C)C2CCC3CC(O)CCC3(C)C2CC1. The first-order valence-corrected chi connectivity index (χ1v) is 15.4. The Labute approximate surface area is 190 Å². The Bertz CT molecular complexity index is 703. The minimum Gasteiger partial charge on any atom is -0.481 e. The Balaban J connectivity index is 0.000000785. The Hall–Kier alpha value is -1.16. The fourth-order valence-electron chi connectivity index (χ4n) is 6.43. The minimum atomic E-state index is -1.68. The zero-order valence-corrected chi connectivity index (χ0v) is 21.4. The second-order valence-electron chi connectivity index (χ2n) is 11.2. The number of aliphatic carboxylic acids is 1. The van der Waals surface area contributed by atoms with Crippen molar-refractivity contribution < 1.29 is 19.4 Å². The fourth-order valence-corrected chi connectivity index (χ4v) is 7.46. The average Bonchev–Trinajstić information content (AvgIpc) is 2.65. The Morgan fingerprint density at radius 3 is 2.52 bits per heavy atom. The van der Waals surface area contributed by atoms with Crippen LogP contribution in [0.5, 0.6) is 0 Å². The van der Waals surface area contributed by atoms with Crippen LogP contribution in [0, 0.1) is 34.5 Å². The number of fused-ring (bicyclic) bond motifs is 3. The number of hydrogen-bond acceptors (Lipinski definition) is 4. The van der Waals surface area contributed by atoms with Gasteiger partial charge in [0.1, 0.15) is 6.10 Å². The van der Waals surface area contributed by atoms with E-state index in [1.54, 1.807) is 11.1 Å². The van der Waals surface area contributed by atoms with Crippen LogP contribution in [0.3, 0.4) is 0 Å². The molecule has 0 aromatic heterocycles. The summed E-state index contributed by atoms with van der Waals surface area (Å²) in [6.07, 6.45) is 9.79. The smallest absolute Gasteiger partial charge is 0.300 e. The summed E-state index contributed by atoms with van der Waals surface area (Å²) >= 11 is 0. The second-order valence-corrected chi connectivity index (χ2v) is 15.6. The summed E-state index contributed by atoms with van der Waals surface area (Å²) in [6.45, 7) is 12.4. The van der Waals surface area contributed by atoms with Crippen LogP contribution in [0.2, 0.25) is 19.6 Å². The molecule has 0 aromatic carbocycles. The maximum absolute atomic E-state index is 10.2. The molecule has 176 valence electrons. The predicted octanol–water partition coefficient (Wildman–Crippen LogP) is 5.90. The molecule has 3 aliphatic carbocycles. The van der Waals surface area contributed by atoms with Crippen molar-refractivity contribution in [2.24, 2.45) is 23.2 Å². The lowest BCUT2D eigenvalue weighted by Crippen LogP contribution is -2.49. The molecule has 3 aliphatic rings. The van der Waals surface area contributed by atoms with Crippen LogP contribution in [0.15, 0.2) is 11.1 Å². The van der Waals surface area contributed by atoms with E-state index >= 15 is 0 Å². The normalized spacial score (nSPS) is 33.9. The number of aliphatic hydroxyl groups excluding tert-OH is 1. The molecule has 0 saturated heterocycles. The standard InChI is InChI=1S/C23H39NO2Si.C2H4O2/c1-16-6-11-22-21(9-7-17-14-18(25)12-13-23(17,22)2)20(16)10-8-19(15-24)26-27(3,4)5;1-2(3)4/h17-19,21-22,25H,6-14H2,1-5H3;1H3,(H,3,4). The lowest BCUT2D eigenvalue weighted by atomic mass is 9.49. The molecule has 0 radical (unpaired) electrons. The number of carboxylic acids is 1. The largest absolute Gasteiger partial charge is 0.481 e. The van der Waals surface area contributed by atoms with Crippen molar-refractivity contribution in [1.29, 1.82) is 5.26 Å². The quantitative estimate of drug-likeness (QED) is 0.402. The predicted molar refractivity (Wildman–Crippen MR) is 126 cm³/mol. The molecular weight excluding hydrogens is 406 g/mol. The maximum Gasteiger partial charge on any atom is 0.300 e. The van der Waals surface area contributed by atoms with Gasteiger partial charge in [-0.25, -0.2) is 0 Å². The summed E-state index contributed by atoms with van der Waals surface area (Å²) in [6, 6.07) is 2.40. The lowest BCUT2D eigenvalue weighted by Gasteiger charge is -2.57. The first kappa shape index (κ1) is 26.1. The monoisotopic (exact) mass is 449 g/mol. The van der Waals surface area contributed by atoms with Crippen molar-refractivity contribution in [2.45, 2.75) is 110 Å². The first-order chi connectivity index (χ1) is 14.4. The maximum atomic E-state index is 10.2. The van der Waals surface area contributed by atoms with Crippen molar-refractivity contribution in [2.75, 3.05) is 0 Å². The van der Waals surface area contributed by atoms with Crippen LogP contribution in [0.1, 0.15) is 78.6 Å². The minimum absolute atomic E-state index is 0.0740. The van der Waals surface area contributed by atoms with E-state index in [9.17, 15) is 10.4 Å². The summed E-state index contributed by atoms with van der Waals surface area (Å²) < 4.78 is 6.09. The van der Waals surface area contributed by atoms with E-state index in [1.807, 2.05) is 0 Å². The third kappa shape index (κ3) is 6.91. The van der Waals surface area contributed by atoms with E-state index in [1.165, 1.54) is 32.1 Å². The van der Waals surface area contributed by atoms with E-state index in [0.717, 1.165) is 38.5 Å². The van der Waals surface area contributed by atoms with E-state index in [2.05, 4.69) is 39.6 Å². The van der Waals surface area contributed by atoms with Crippen molar-refractivity contribution in [3.63, 3.8) is 0 Å². The van der Waals surface area contributed by atoms with E-state index in [0.29, 0.717) is 17.3 Å². The van der Waals surface area contributed by atoms with Crippen LogP contribution in [0.25, 0.3) is 0 Å². The van der Waals surface area contributed by atoms with E-state index in [4.69, 9.17) is 14.3 Å². The van der Waals surface area contributed by atoms with Crippen LogP contribution < -0.4 is 0 Å². The molecular formula is C25H43NO4Si. The van der Waals surface area contributed by atoms with Crippen LogP contribution in [-0.4, -0.2) is 36.7 Å². The molecule has 6 heteroatoms. The Morgan fingerprint density at radius 2 is 1.94 bits per heavy atom. The van der Waals surface area contributed by atoms with Gasteiger partial charge in [0.05, 0.1) is 12.2 Å². The summed E-state index contributed by atoms with van der Waals surface area (Å²) in [5.41, 5.74) is 3.63. The topological polar surface area (TPSA) is 90.5 Å². The van der Waals surface area contributed by atoms with Gasteiger partial charge in [-0.2, -0.15) is 5.26 Å². The molecule has 31 heavy (non-hydrogen) atoms. The number of rotatable bonds is 5. The van der Waals surface area contributed by atoms with Crippen LogP contribution in [0.4, 0.5) is 0 Å². The van der Waals surface area contributed by atoms with Crippen LogP contribution in [-0.2, 0) is 9.22 Å². The highest BCUT2D eigenvalue weighted by Crippen LogP contribution is 2.60. The highest BCUT2D eigenvalue weighted by atomic mass is 28.4. The molecule has 5 nitrogen and oxygen atoms in total. The third-order valence-electron chi connectivity index (χ3n) is 7.81. The fraction of sp³-hybridized carbons (Fsp3) is 0.840. The number of hydrogen-bond donors (Lipinski definition) is 2. The zero-order chi connectivity index (χ0) is 23.4. The van der Waals surface area contributed by atoms with Gasteiger partial charge in [0.15, 0.2) is 8.32 Å². The number of carboxylic acid groups (broad SMARTS) is 1. The molecule has 0 aromatic rings. The van der Waals surface area contributed by atoms with Crippen LogP contribution >= 0.6 is 0 Å². The van der Waals surface area contributed by atoms with Gasteiger partial charge in [0, 0.05) is 6.92 Å². The third-order valence-corrected chi connectivity index (χ3v) is 8.80. The van der Waals surface area contributed by atoms with Gasteiger partial charge in [-0.1, -0.05) is 18.1 Å². The van der Waals surface area contributed by atoms with Gasteiger partial charge in [-0.15, -0.1) is 0 Å².